The van der Waals surface area contributed by atoms with Gasteiger partial charge in [0.25, 0.3) is 0 Å². The molecule has 0 aromatic rings. The summed E-state index contributed by atoms with van der Waals surface area (Å²) in [5.74, 6) is 0.668. The summed E-state index contributed by atoms with van der Waals surface area (Å²) in [6.45, 7) is 11.5. The molecule has 0 aromatic heterocycles. The number of nitrogens with one attached hydrogen (secondary N) is 2. The van der Waals surface area contributed by atoms with Crippen molar-refractivity contribution in [2.75, 3.05) is 26.3 Å². The zero-order chi connectivity index (χ0) is 17.1. The van der Waals surface area contributed by atoms with E-state index in [4.69, 9.17) is 9.47 Å². The van der Waals surface area contributed by atoms with Crippen LogP contribution < -0.4 is 10.6 Å². The predicted molar refractivity (Wildman–Crippen MR) is 93.7 cm³/mol. The lowest BCUT2D eigenvalue weighted by Crippen LogP contribution is -2.38. The topological polar surface area (TPSA) is 59.6 Å². The maximum atomic E-state index is 11.5. The predicted octanol–water partition coefficient (Wildman–Crippen LogP) is 3.48. The number of hydrogen-bond acceptors (Lipinski definition) is 4. The summed E-state index contributed by atoms with van der Waals surface area (Å²) in [7, 11) is 0. The Balaban J connectivity index is 1.90. The van der Waals surface area contributed by atoms with Crippen LogP contribution in [0.25, 0.3) is 0 Å². The van der Waals surface area contributed by atoms with Crippen LogP contribution in [0.15, 0.2) is 0 Å². The minimum atomic E-state index is -0.421. The highest BCUT2D eigenvalue weighted by Crippen LogP contribution is 2.17. The van der Waals surface area contributed by atoms with Crippen molar-refractivity contribution in [3.8, 4) is 0 Å². The van der Waals surface area contributed by atoms with Crippen LogP contribution >= 0.6 is 0 Å². The number of unbranched alkanes of at least 4 members (excludes halogenated alkanes) is 3. The molecule has 0 spiro atoms. The molecule has 0 aliphatic carbocycles. The number of hydrogen-bond donors (Lipinski definition) is 2. The Morgan fingerprint density at radius 3 is 2.52 bits per heavy atom. The molecule has 0 radical (unpaired) electrons. The number of alkyl carbamates (subject to hydrolysis) is 1. The molecule has 1 fully saturated rings. The van der Waals surface area contributed by atoms with Gasteiger partial charge in [-0.2, -0.15) is 0 Å². The van der Waals surface area contributed by atoms with E-state index in [0.29, 0.717) is 18.5 Å². The number of ether oxygens (including phenoxy) is 2. The van der Waals surface area contributed by atoms with Gasteiger partial charge in [0.15, 0.2) is 0 Å². The van der Waals surface area contributed by atoms with Crippen molar-refractivity contribution in [2.24, 2.45) is 5.92 Å². The summed E-state index contributed by atoms with van der Waals surface area (Å²) in [5.41, 5.74) is -0.421. The molecular formula is C18H36N2O3. The Kier molecular flexibility index (Phi) is 9.56. The first-order valence-electron chi connectivity index (χ1n) is 9.16. The van der Waals surface area contributed by atoms with Crippen molar-refractivity contribution in [3.63, 3.8) is 0 Å². The van der Waals surface area contributed by atoms with Gasteiger partial charge in [0.2, 0.25) is 0 Å². The van der Waals surface area contributed by atoms with Crippen molar-refractivity contribution in [3.05, 3.63) is 0 Å². The van der Waals surface area contributed by atoms with Gasteiger partial charge in [-0.15, -0.1) is 0 Å². The van der Waals surface area contributed by atoms with Gasteiger partial charge in [0.1, 0.15) is 5.60 Å². The maximum Gasteiger partial charge on any atom is 0.407 e. The lowest BCUT2D eigenvalue weighted by molar-refractivity contribution is 0.0420. The zero-order valence-electron chi connectivity index (χ0n) is 15.5. The maximum absolute atomic E-state index is 11.5. The number of rotatable bonds is 9. The summed E-state index contributed by atoms with van der Waals surface area (Å²) in [6, 6.07) is 0.545. The molecule has 23 heavy (non-hydrogen) atoms. The van der Waals surface area contributed by atoms with Gasteiger partial charge in [-0.05, 0) is 65.8 Å². The van der Waals surface area contributed by atoms with Crippen LogP contribution in [0.1, 0.15) is 66.2 Å². The fourth-order valence-corrected chi connectivity index (χ4v) is 2.76. The molecule has 0 unspecified atom stereocenters. The Morgan fingerprint density at radius 1 is 1.22 bits per heavy atom. The summed E-state index contributed by atoms with van der Waals surface area (Å²) in [6.07, 6.45) is 6.68. The van der Waals surface area contributed by atoms with Gasteiger partial charge in [-0.3, -0.25) is 0 Å². The van der Waals surface area contributed by atoms with E-state index in [1.165, 1.54) is 25.7 Å². The molecule has 0 bridgehead atoms. The Bertz CT molecular complexity index is 323. The van der Waals surface area contributed by atoms with Crippen molar-refractivity contribution < 1.29 is 14.3 Å². The minimum absolute atomic E-state index is 0.317. The Labute approximate surface area is 141 Å². The normalized spacial score (nSPS) is 20.1. The van der Waals surface area contributed by atoms with E-state index in [9.17, 15) is 4.79 Å². The standard InChI is InChI=1S/C18H36N2O3/c1-15(16-10-9-13-22-14-16)19-11-7-5-6-8-12-20-17(21)23-18(2,3)4/h15-16,19H,5-14H2,1-4H3,(H,20,21)/t15-,16+/m0/s1. The molecule has 136 valence electrons. The molecule has 0 saturated carbocycles. The van der Waals surface area contributed by atoms with Crippen LogP contribution in [0.4, 0.5) is 4.79 Å². The van der Waals surface area contributed by atoms with Gasteiger partial charge < -0.3 is 20.1 Å². The smallest absolute Gasteiger partial charge is 0.407 e. The highest BCUT2D eigenvalue weighted by Gasteiger charge is 2.19. The second-order valence-corrected chi connectivity index (χ2v) is 7.56. The van der Waals surface area contributed by atoms with Gasteiger partial charge >= 0.3 is 6.09 Å². The first-order valence-corrected chi connectivity index (χ1v) is 9.16. The van der Waals surface area contributed by atoms with Crippen LogP contribution in [0, 0.1) is 5.92 Å². The lowest BCUT2D eigenvalue weighted by atomic mass is 9.95. The zero-order valence-corrected chi connectivity index (χ0v) is 15.5. The third-order valence-corrected chi connectivity index (χ3v) is 4.14. The van der Waals surface area contributed by atoms with Crippen LogP contribution in [-0.4, -0.2) is 44.0 Å². The highest BCUT2D eigenvalue weighted by molar-refractivity contribution is 5.67. The molecule has 1 heterocycles. The van der Waals surface area contributed by atoms with E-state index in [-0.39, 0.29) is 6.09 Å². The summed E-state index contributed by atoms with van der Waals surface area (Å²) < 4.78 is 10.7. The van der Waals surface area contributed by atoms with E-state index in [1.54, 1.807) is 0 Å². The highest BCUT2D eigenvalue weighted by atomic mass is 16.6. The summed E-state index contributed by atoms with van der Waals surface area (Å²) >= 11 is 0. The van der Waals surface area contributed by atoms with E-state index >= 15 is 0 Å². The molecule has 1 rings (SSSR count). The number of carbonyl (C=O) groups excluding carboxylic acids is 1. The molecule has 2 atom stereocenters. The van der Waals surface area contributed by atoms with Crippen molar-refractivity contribution in [1.82, 2.24) is 10.6 Å². The molecule has 5 nitrogen and oxygen atoms in total. The second-order valence-electron chi connectivity index (χ2n) is 7.56. The Hall–Kier alpha value is -0.810. The van der Waals surface area contributed by atoms with Crippen molar-refractivity contribution in [2.45, 2.75) is 77.9 Å². The number of carbonyl (C=O) groups is 1. The van der Waals surface area contributed by atoms with E-state index in [0.717, 1.165) is 32.6 Å². The number of amides is 1. The third-order valence-electron chi connectivity index (χ3n) is 4.14. The molecule has 1 aliphatic rings. The molecule has 5 heteroatoms. The van der Waals surface area contributed by atoms with Gasteiger partial charge in [0.05, 0.1) is 6.61 Å². The van der Waals surface area contributed by atoms with Crippen molar-refractivity contribution >= 4 is 6.09 Å². The van der Waals surface area contributed by atoms with E-state index in [2.05, 4.69) is 17.6 Å². The largest absolute Gasteiger partial charge is 0.444 e. The molecule has 1 aliphatic heterocycles. The quantitative estimate of drug-likeness (QED) is 0.636. The molecule has 2 N–H and O–H groups in total. The first kappa shape index (κ1) is 20.2. The van der Waals surface area contributed by atoms with Crippen molar-refractivity contribution in [1.29, 1.82) is 0 Å². The molecular weight excluding hydrogens is 292 g/mol. The van der Waals surface area contributed by atoms with Crippen LogP contribution in [0.2, 0.25) is 0 Å². The van der Waals surface area contributed by atoms with Gasteiger partial charge in [-0.1, -0.05) is 12.8 Å². The fourth-order valence-electron chi connectivity index (χ4n) is 2.76. The fraction of sp³-hybridized carbons (Fsp3) is 0.944. The third kappa shape index (κ3) is 10.6. The van der Waals surface area contributed by atoms with Crippen LogP contribution in [0.3, 0.4) is 0 Å². The average Bonchev–Trinajstić information content (AvgIpc) is 2.48. The molecule has 0 aromatic carbocycles. The lowest BCUT2D eigenvalue weighted by Gasteiger charge is -2.28. The first-order chi connectivity index (χ1) is 10.9. The average molecular weight is 328 g/mol. The molecule has 1 saturated heterocycles. The van der Waals surface area contributed by atoms with Crippen LogP contribution in [-0.2, 0) is 9.47 Å². The SMILES string of the molecule is C[C@H](NCCCCCCNC(=O)OC(C)(C)C)[C@@H]1CCCOC1. The summed E-state index contributed by atoms with van der Waals surface area (Å²) in [4.78, 5) is 11.5. The molecule has 1 amide bonds. The van der Waals surface area contributed by atoms with Crippen LogP contribution in [0.5, 0.6) is 0 Å². The van der Waals surface area contributed by atoms with E-state index < -0.39 is 5.60 Å². The van der Waals surface area contributed by atoms with E-state index in [1.807, 2.05) is 20.8 Å². The summed E-state index contributed by atoms with van der Waals surface area (Å²) in [5, 5.41) is 6.42. The minimum Gasteiger partial charge on any atom is -0.444 e. The van der Waals surface area contributed by atoms with Gasteiger partial charge in [0, 0.05) is 19.2 Å². The monoisotopic (exact) mass is 328 g/mol. The second kappa shape index (κ2) is 10.9. The van der Waals surface area contributed by atoms with Gasteiger partial charge in [-0.25, -0.2) is 4.79 Å². The Morgan fingerprint density at radius 2 is 1.91 bits per heavy atom.